The summed E-state index contributed by atoms with van der Waals surface area (Å²) in [6, 6.07) is -0.367. The average Bonchev–Trinajstić information content (AvgIpc) is 3.00. The van der Waals surface area contributed by atoms with Gasteiger partial charge in [-0.3, -0.25) is 14.5 Å². The highest BCUT2D eigenvalue weighted by Crippen LogP contribution is 2.26. The molecule has 7 nitrogen and oxygen atoms in total. The van der Waals surface area contributed by atoms with E-state index in [9.17, 15) is 14.4 Å². The van der Waals surface area contributed by atoms with Gasteiger partial charge in [-0.2, -0.15) is 0 Å². The van der Waals surface area contributed by atoms with Gasteiger partial charge in [0.05, 0.1) is 0 Å². The fourth-order valence-corrected chi connectivity index (χ4v) is 3.44. The lowest BCUT2D eigenvalue weighted by Crippen LogP contribution is -2.47. The third-order valence-electron chi connectivity index (χ3n) is 5.06. The first kappa shape index (κ1) is 16.7. The van der Waals surface area contributed by atoms with Crippen LogP contribution in [0.2, 0.25) is 0 Å². The van der Waals surface area contributed by atoms with Crippen LogP contribution >= 0.6 is 0 Å². The van der Waals surface area contributed by atoms with Crippen molar-refractivity contribution in [3.63, 3.8) is 0 Å². The summed E-state index contributed by atoms with van der Waals surface area (Å²) in [5.74, 6) is -0.180. The standard InChI is InChI=1S/C15H26N4O3/c1-4-15(5-2)13(21)19(14(22)17-15)9-12(20)18-8-11(7-16)6-10(18)3/h10-11H,4-9,16H2,1-3H3,(H,17,22). The highest BCUT2D eigenvalue weighted by molar-refractivity contribution is 6.09. The van der Waals surface area contributed by atoms with Crippen molar-refractivity contribution < 1.29 is 14.4 Å². The fourth-order valence-electron chi connectivity index (χ4n) is 3.44. The summed E-state index contributed by atoms with van der Waals surface area (Å²) in [5, 5.41) is 2.74. The summed E-state index contributed by atoms with van der Waals surface area (Å²) in [4.78, 5) is 39.8. The SMILES string of the molecule is CCC1(CC)NC(=O)N(CC(=O)N2CC(CN)CC2C)C1=O. The van der Waals surface area contributed by atoms with E-state index in [1.54, 1.807) is 4.90 Å². The quantitative estimate of drug-likeness (QED) is 0.714. The number of carbonyl (C=O) groups excluding carboxylic acids is 3. The molecule has 0 aromatic carbocycles. The lowest BCUT2D eigenvalue weighted by Gasteiger charge is -2.25. The largest absolute Gasteiger partial charge is 0.338 e. The first-order valence-corrected chi connectivity index (χ1v) is 8.02. The molecule has 2 unspecified atom stereocenters. The summed E-state index contributed by atoms with van der Waals surface area (Å²) in [7, 11) is 0. The van der Waals surface area contributed by atoms with Crippen LogP contribution in [0.5, 0.6) is 0 Å². The first-order valence-electron chi connectivity index (χ1n) is 8.02. The minimum absolute atomic E-state index is 0.101. The molecule has 124 valence electrons. The van der Waals surface area contributed by atoms with Gasteiger partial charge >= 0.3 is 6.03 Å². The number of hydrogen-bond donors (Lipinski definition) is 2. The third-order valence-corrected chi connectivity index (χ3v) is 5.06. The van der Waals surface area contributed by atoms with E-state index in [2.05, 4.69) is 5.32 Å². The number of carbonyl (C=O) groups is 3. The van der Waals surface area contributed by atoms with Gasteiger partial charge in [-0.25, -0.2) is 4.79 Å². The Bertz CT molecular complexity index is 475. The van der Waals surface area contributed by atoms with Gasteiger partial charge in [-0.1, -0.05) is 13.8 Å². The van der Waals surface area contributed by atoms with E-state index in [0.717, 1.165) is 11.3 Å². The molecule has 2 aliphatic heterocycles. The molecule has 2 saturated heterocycles. The summed E-state index contributed by atoms with van der Waals surface area (Å²) in [5.41, 5.74) is 4.82. The Balaban J connectivity index is 2.06. The van der Waals surface area contributed by atoms with Gasteiger partial charge in [0.25, 0.3) is 5.91 Å². The molecule has 4 amide bonds. The molecule has 22 heavy (non-hydrogen) atoms. The Morgan fingerprint density at radius 1 is 1.36 bits per heavy atom. The van der Waals surface area contributed by atoms with E-state index in [0.29, 0.717) is 31.8 Å². The van der Waals surface area contributed by atoms with Crippen molar-refractivity contribution in [2.45, 2.75) is 51.6 Å². The Hall–Kier alpha value is -1.63. The molecule has 2 atom stereocenters. The van der Waals surface area contributed by atoms with E-state index < -0.39 is 11.6 Å². The van der Waals surface area contributed by atoms with Gasteiger partial charge in [0.1, 0.15) is 12.1 Å². The highest BCUT2D eigenvalue weighted by atomic mass is 16.2. The molecule has 0 aliphatic carbocycles. The number of amides is 4. The first-order chi connectivity index (χ1) is 10.4. The molecule has 2 fully saturated rings. The van der Waals surface area contributed by atoms with Crippen molar-refractivity contribution in [1.29, 1.82) is 0 Å². The van der Waals surface area contributed by atoms with Crippen molar-refractivity contribution in [2.24, 2.45) is 11.7 Å². The van der Waals surface area contributed by atoms with Gasteiger partial charge in [0.2, 0.25) is 5.91 Å². The van der Waals surface area contributed by atoms with Gasteiger partial charge in [-0.15, -0.1) is 0 Å². The molecule has 3 N–H and O–H groups in total. The predicted molar refractivity (Wildman–Crippen MR) is 81.9 cm³/mol. The van der Waals surface area contributed by atoms with E-state index in [4.69, 9.17) is 5.73 Å². The number of hydrogen-bond acceptors (Lipinski definition) is 4. The van der Waals surface area contributed by atoms with Crippen molar-refractivity contribution in [1.82, 2.24) is 15.1 Å². The molecule has 0 saturated carbocycles. The van der Waals surface area contributed by atoms with E-state index in [1.807, 2.05) is 20.8 Å². The molecule has 0 aromatic rings. The van der Waals surface area contributed by atoms with Crippen LogP contribution in [0.25, 0.3) is 0 Å². The molecule has 0 radical (unpaired) electrons. The van der Waals surface area contributed by atoms with E-state index in [-0.39, 0.29) is 24.4 Å². The van der Waals surface area contributed by atoms with Crippen LogP contribution in [0.4, 0.5) is 4.79 Å². The van der Waals surface area contributed by atoms with Crippen LogP contribution < -0.4 is 11.1 Å². The maximum absolute atomic E-state index is 12.5. The fraction of sp³-hybridized carbons (Fsp3) is 0.800. The number of likely N-dealkylation sites (tertiary alicyclic amines) is 1. The Labute approximate surface area is 131 Å². The summed E-state index contributed by atoms with van der Waals surface area (Å²) in [6.45, 7) is 6.66. The molecule has 0 aromatic heterocycles. The molecular formula is C15H26N4O3. The number of rotatable bonds is 5. The Morgan fingerprint density at radius 2 is 2.00 bits per heavy atom. The van der Waals surface area contributed by atoms with Gasteiger partial charge in [0.15, 0.2) is 0 Å². The van der Waals surface area contributed by atoms with Crippen LogP contribution in [0, 0.1) is 5.92 Å². The second-order valence-corrected chi connectivity index (χ2v) is 6.34. The average molecular weight is 310 g/mol. The zero-order chi connectivity index (χ0) is 16.5. The number of nitrogens with zero attached hydrogens (tertiary/aromatic N) is 2. The second kappa shape index (κ2) is 6.24. The maximum atomic E-state index is 12.5. The lowest BCUT2D eigenvalue weighted by molar-refractivity contribution is -0.139. The smallest absolute Gasteiger partial charge is 0.325 e. The Kier molecular flexibility index (Phi) is 4.75. The lowest BCUT2D eigenvalue weighted by atomic mass is 9.93. The normalized spacial score (nSPS) is 27.5. The number of imide groups is 1. The van der Waals surface area contributed by atoms with Crippen LogP contribution in [0.15, 0.2) is 0 Å². The van der Waals surface area contributed by atoms with Crippen molar-refractivity contribution in [3.8, 4) is 0 Å². The number of nitrogens with one attached hydrogen (secondary N) is 1. The maximum Gasteiger partial charge on any atom is 0.325 e. The Morgan fingerprint density at radius 3 is 2.45 bits per heavy atom. The number of urea groups is 1. The monoisotopic (exact) mass is 310 g/mol. The van der Waals surface area contributed by atoms with Crippen LogP contribution in [0.3, 0.4) is 0 Å². The van der Waals surface area contributed by atoms with Crippen molar-refractivity contribution in [3.05, 3.63) is 0 Å². The van der Waals surface area contributed by atoms with Gasteiger partial charge in [-0.05, 0) is 38.6 Å². The van der Waals surface area contributed by atoms with E-state index >= 15 is 0 Å². The summed E-state index contributed by atoms with van der Waals surface area (Å²) >= 11 is 0. The highest BCUT2D eigenvalue weighted by Gasteiger charge is 2.49. The zero-order valence-electron chi connectivity index (χ0n) is 13.6. The second-order valence-electron chi connectivity index (χ2n) is 6.34. The predicted octanol–water partition coefficient (Wildman–Crippen LogP) is 0.293. The summed E-state index contributed by atoms with van der Waals surface area (Å²) in [6.07, 6.45) is 1.92. The third kappa shape index (κ3) is 2.69. The summed E-state index contributed by atoms with van der Waals surface area (Å²) < 4.78 is 0. The molecular weight excluding hydrogens is 284 g/mol. The van der Waals surface area contributed by atoms with Gasteiger partial charge in [0, 0.05) is 12.6 Å². The zero-order valence-corrected chi connectivity index (χ0v) is 13.6. The minimum Gasteiger partial charge on any atom is -0.338 e. The van der Waals surface area contributed by atoms with Crippen LogP contribution in [0.1, 0.15) is 40.0 Å². The van der Waals surface area contributed by atoms with Gasteiger partial charge < -0.3 is 16.0 Å². The topological polar surface area (TPSA) is 95.7 Å². The van der Waals surface area contributed by atoms with Crippen molar-refractivity contribution >= 4 is 17.8 Å². The minimum atomic E-state index is -0.853. The van der Waals surface area contributed by atoms with E-state index in [1.165, 1.54) is 0 Å². The molecule has 2 aliphatic rings. The molecule has 0 bridgehead atoms. The van der Waals surface area contributed by atoms with Crippen molar-refractivity contribution in [2.75, 3.05) is 19.6 Å². The molecule has 7 heteroatoms. The number of nitrogens with two attached hydrogens (primary N) is 1. The molecule has 2 heterocycles. The molecule has 0 spiro atoms. The van der Waals surface area contributed by atoms with Crippen LogP contribution in [-0.2, 0) is 9.59 Å². The van der Waals surface area contributed by atoms with Crippen LogP contribution in [-0.4, -0.2) is 58.9 Å². The molecule has 2 rings (SSSR count).